The van der Waals surface area contributed by atoms with Crippen molar-refractivity contribution in [3.8, 4) is 21.6 Å². The third kappa shape index (κ3) is 3.56. The van der Waals surface area contributed by atoms with Crippen LogP contribution in [-0.2, 0) is 13.5 Å². The maximum absolute atomic E-state index is 14.0. The number of aromatic nitrogens is 2. The van der Waals surface area contributed by atoms with Crippen LogP contribution < -0.4 is 10.2 Å². The van der Waals surface area contributed by atoms with Crippen molar-refractivity contribution in [2.45, 2.75) is 6.42 Å². The normalized spacial score (nSPS) is 12.8. The molecule has 2 aromatic heterocycles. The summed E-state index contributed by atoms with van der Waals surface area (Å²) < 4.78 is 29.7. The van der Waals surface area contributed by atoms with Crippen molar-refractivity contribution in [3.05, 3.63) is 76.9 Å². The summed E-state index contributed by atoms with van der Waals surface area (Å²) >= 11 is 1.34. The molecule has 0 bridgehead atoms. The molecule has 0 spiro atoms. The molecule has 4 aromatic rings. The van der Waals surface area contributed by atoms with Crippen LogP contribution in [0.5, 0.6) is 0 Å². The molecule has 0 saturated heterocycles. The molecule has 1 aliphatic rings. The number of fused-ring (bicyclic) bond motifs is 3. The van der Waals surface area contributed by atoms with Crippen LogP contribution in [0.1, 0.15) is 15.2 Å². The molecular formula is C24H20F2N4OS. The monoisotopic (exact) mass is 450 g/mol. The van der Waals surface area contributed by atoms with Gasteiger partial charge in [0.1, 0.15) is 17.3 Å². The number of carbonyl (C=O) groups excluding carboxylic acids is 1. The van der Waals surface area contributed by atoms with E-state index in [0.29, 0.717) is 4.88 Å². The van der Waals surface area contributed by atoms with Crippen LogP contribution in [0, 0.1) is 11.6 Å². The van der Waals surface area contributed by atoms with Crippen LogP contribution in [0.15, 0.2) is 54.9 Å². The number of para-hydroxylation sites is 1. The highest BCUT2D eigenvalue weighted by Crippen LogP contribution is 2.43. The van der Waals surface area contributed by atoms with Crippen molar-refractivity contribution < 1.29 is 13.6 Å². The molecule has 8 heteroatoms. The van der Waals surface area contributed by atoms with Crippen molar-refractivity contribution in [2.24, 2.45) is 7.05 Å². The van der Waals surface area contributed by atoms with Gasteiger partial charge >= 0.3 is 0 Å². The van der Waals surface area contributed by atoms with Gasteiger partial charge in [0.05, 0.1) is 11.1 Å². The molecule has 1 amide bonds. The standard InChI is InChI=1S/C24H20F2N4OS/c1-29-9-8-15-11-21(24(31)28-22-18(25)4-3-5-19(22)26)32-23(15)17-10-14(6-7-20(17)29)16-12-27-30(2)13-16/h3-7,10-13H,8-9H2,1-2H3,(H,28,31). The lowest BCUT2D eigenvalue weighted by molar-refractivity contribution is 0.102. The Morgan fingerprint density at radius 3 is 2.59 bits per heavy atom. The summed E-state index contributed by atoms with van der Waals surface area (Å²) in [4.78, 5) is 16.4. The summed E-state index contributed by atoms with van der Waals surface area (Å²) in [6, 6.07) is 11.6. The molecule has 0 aliphatic carbocycles. The number of likely N-dealkylation sites (N-methyl/N-ethyl adjacent to an activating group) is 1. The number of hydrogen-bond acceptors (Lipinski definition) is 4. The van der Waals surface area contributed by atoms with Crippen molar-refractivity contribution in [2.75, 3.05) is 23.8 Å². The summed E-state index contributed by atoms with van der Waals surface area (Å²) in [6.45, 7) is 0.798. The maximum atomic E-state index is 14.0. The first kappa shape index (κ1) is 20.4. The SMILES string of the molecule is CN1CCc2cc(C(=O)Nc3c(F)cccc3F)sc2-c2cc(-c3cnn(C)c3)ccc21. The Morgan fingerprint density at radius 1 is 1.09 bits per heavy atom. The first-order valence-corrected chi connectivity index (χ1v) is 10.9. The number of halogens is 2. The molecule has 0 saturated carbocycles. The van der Waals surface area contributed by atoms with Crippen molar-refractivity contribution in [3.63, 3.8) is 0 Å². The Balaban J connectivity index is 1.55. The van der Waals surface area contributed by atoms with Crippen LogP contribution in [-0.4, -0.2) is 29.3 Å². The number of rotatable bonds is 3. The van der Waals surface area contributed by atoms with Gasteiger partial charge < -0.3 is 10.2 Å². The molecule has 0 atom stereocenters. The molecule has 3 heterocycles. The van der Waals surface area contributed by atoms with E-state index in [1.54, 1.807) is 4.68 Å². The first-order valence-electron chi connectivity index (χ1n) is 10.1. The predicted molar refractivity (Wildman–Crippen MR) is 123 cm³/mol. The molecular weight excluding hydrogens is 430 g/mol. The number of hydrogen-bond donors (Lipinski definition) is 1. The fraction of sp³-hybridized carbons (Fsp3) is 0.167. The Hall–Kier alpha value is -3.52. The van der Waals surface area contributed by atoms with Crippen LogP contribution in [0.4, 0.5) is 20.2 Å². The topological polar surface area (TPSA) is 50.2 Å². The third-order valence-electron chi connectivity index (χ3n) is 5.64. The number of carbonyl (C=O) groups is 1. The van der Waals surface area contributed by atoms with Gasteiger partial charge in [-0.25, -0.2) is 8.78 Å². The number of benzene rings is 2. The highest BCUT2D eigenvalue weighted by molar-refractivity contribution is 7.17. The molecule has 1 N–H and O–H groups in total. The van der Waals surface area contributed by atoms with Crippen molar-refractivity contribution in [1.82, 2.24) is 9.78 Å². The van der Waals surface area contributed by atoms with Gasteiger partial charge in [-0.3, -0.25) is 9.48 Å². The first-order chi connectivity index (χ1) is 15.4. The second kappa shape index (κ2) is 7.87. The Labute approximate surface area is 187 Å². The van der Waals surface area contributed by atoms with Crippen molar-refractivity contribution in [1.29, 1.82) is 0 Å². The van der Waals surface area contributed by atoms with E-state index in [0.717, 1.165) is 57.9 Å². The summed E-state index contributed by atoms with van der Waals surface area (Å²) in [5.41, 5.74) is 4.76. The Kier molecular flexibility index (Phi) is 5.01. The largest absolute Gasteiger partial charge is 0.374 e. The van der Waals surface area contributed by atoms with E-state index in [-0.39, 0.29) is 0 Å². The Bertz CT molecular complexity index is 1320. The summed E-state index contributed by atoms with van der Waals surface area (Å²) in [5, 5.41) is 6.65. The van der Waals surface area contributed by atoms with E-state index < -0.39 is 23.2 Å². The zero-order valence-electron chi connectivity index (χ0n) is 17.5. The minimum absolute atomic E-state index is 0.417. The average Bonchev–Trinajstić information content (AvgIpc) is 3.38. The van der Waals surface area contributed by atoms with Gasteiger partial charge in [0.25, 0.3) is 5.91 Å². The molecule has 0 fully saturated rings. The molecule has 0 unspecified atom stereocenters. The number of thiophene rings is 1. The second-order valence-corrected chi connectivity index (χ2v) is 8.87. The number of nitrogens with one attached hydrogen (secondary N) is 1. The Morgan fingerprint density at radius 2 is 1.88 bits per heavy atom. The van der Waals surface area contributed by atoms with Gasteiger partial charge in [0, 0.05) is 48.5 Å². The zero-order valence-corrected chi connectivity index (χ0v) is 18.3. The number of aryl methyl sites for hydroxylation is 1. The van der Waals surface area contributed by atoms with Gasteiger partial charge in [-0.15, -0.1) is 11.3 Å². The van der Waals surface area contributed by atoms with Gasteiger partial charge in [-0.05, 0) is 47.9 Å². The number of amides is 1. The fourth-order valence-electron chi connectivity index (χ4n) is 3.96. The van der Waals surface area contributed by atoms with Gasteiger partial charge in [0.2, 0.25) is 0 Å². The van der Waals surface area contributed by atoms with E-state index in [1.165, 1.54) is 17.4 Å². The molecule has 0 radical (unpaired) electrons. The third-order valence-corrected chi connectivity index (χ3v) is 6.85. The number of nitrogens with zero attached hydrogens (tertiary/aromatic N) is 3. The van der Waals surface area contributed by atoms with Gasteiger partial charge in [-0.2, -0.15) is 5.10 Å². The summed E-state index contributed by atoms with van der Waals surface area (Å²) in [7, 11) is 3.93. The van der Waals surface area contributed by atoms with Crippen LogP contribution in [0.2, 0.25) is 0 Å². The van der Waals surface area contributed by atoms with E-state index in [9.17, 15) is 13.6 Å². The lowest BCUT2D eigenvalue weighted by Gasteiger charge is -2.20. The van der Waals surface area contributed by atoms with Crippen LogP contribution >= 0.6 is 11.3 Å². The highest BCUT2D eigenvalue weighted by Gasteiger charge is 2.24. The summed E-state index contributed by atoms with van der Waals surface area (Å²) in [6.07, 6.45) is 4.54. The van der Waals surface area contributed by atoms with Crippen LogP contribution in [0.25, 0.3) is 21.6 Å². The van der Waals surface area contributed by atoms with E-state index in [4.69, 9.17) is 0 Å². The van der Waals surface area contributed by atoms with Gasteiger partial charge in [0.15, 0.2) is 0 Å². The lowest BCUT2D eigenvalue weighted by Crippen LogP contribution is -2.19. The second-order valence-electron chi connectivity index (χ2n) is 7.82. The zero-order chi connectivity index (χ0) is 22.4. The van der Waals surface area contributed by atoms with Gasteiger partial charge in [-0.1, -0.05) is 12.1 Å². The van der Waals surface area contributed by atoms with E-state index >= 15 is 0 Å². The summed E-state index contributed by atoms with van der Waals surface area (Å²) in [5.74, 6) is -2.13. The molecule has 32 heavy (non-hydrogen) atoms. The molecule has 1 aliphatic heterocycles. The highest BCUT2D eigenvalue weighted by atomic mass is 32.1. The van der Waals surface area contributed by atoms with E-state index in [2.05, 4.69) is 33.5 Å². The number of anilines is 2. The smallest absolute Gasteiger partial charge is 0.265 e. The van der Waals surface area contributed by atoms with Crippen molar-refractivity contribution >= 4 is 28.6 Å². The molecule has 5 nitrogen and oxygen atoms in total. The predicted octanol–water partition coefficient (Wildman–Crippen LogP) is 5.34. The molecule has 5 rings (SSSR count). The molecule has 162 valence electrons. The minimum atomic E-state index is -0.801. The van der Waals surface area contributed by atoms with Crippen LogP contribution in [0.3, 0.4) is 0 Å². The maximum Gasteiger partial charge on any atom is 0.265 e. The minimum Gasteiger partial charge on any atom is -0.374 e. The fourth-order valence-corrected chi connectivity index (χ4v) is 5.09. The molecule has 2 aromatic carbocycles. The van der Waals surface area contributed by atoms with E-state index in [1.807, 2.05) is 32.6 Å². The average molecular weight is 451 g/mol. The quantitative estimate of drug-likeness (QED) is 0.459. The lowest BCUT2D eigenvalue weighted by atomic mass is 10.0.